The lowest BCUT2D eigenvalue weighted by Crippen LogP contribution is -2.26. The molecule has 362 valence electrons. The van der Waals surface area contributed by atoms with Crippen molar-refractivity contribution in [2.45, 2.75) is 24.7 Å². The van der Waals surface area contributed by atoms with Crippen LogP contribution in [0.5, 0.6) is 0 Å². The Labute approximate surface area is 451 Å². The summed E-state index contributed by atoms with van der Waals surface area (Å²) in [7, 11) is 0. The highest BCUT2D eigenvalue weighted by atomic mass is 15.1. The van der Waals surface area contributed by atoms with E-state index >= 15 is 0 Å². The van der Waals surface area contributed by atoms with Crippen LogP contribution in [-0.2, 0) is 10.8 Å². The second-order valence-corrected chi connectivity index (χ2v) is 21.6. The predicted molar refractivity (Wildman–Crippen MR) is 324 cm³/mol. The van der Waals surface area contributed by atoms with Gasteiger partial charge in [0.05, 0.1) is 5.41 Å². The van der Waals surface area contributed by atoms with Gasteiger partial charge in [0.15, 0.2) is 0 Å². The molecule has 0 saturated carbocycles. The van der Waals surface area contributed by atoms with Gasteiger partial charge in [0.25, 0.3) is 0 Å². The van der Waals surface area contributed by atoms with Gasteiger partial charge in [0.1, 0.15) is 0 Å². The molecule has 0 fully saturated rings. The maximum atomic E-state index is 4.08. The molecule has 0 saturated heterocycles. The molecule has 77 heavy (non-hydrogen) atoms. The maximum Gasteiger partial charge on any atom is 0.0725 e. The lowest BCUT2D eigenvalue weighted by atomic mass is 9.70. The largest absolute Gasteiger partial charge is 0.310 e. The van der Waals surface area contributed by atoms with Gasteiger partial charge in [-0.3, -0.25) is 0 Å². The van der Waals surface area contributed by atoms with Crippen molar-refractivity contribution in [3.63, 3.8) is 0 Å². The average molecular weight is 980 g/mol. The first kappa shape index (κ1) is 44.9. The van der Waals surface area contributed by atoms with Crippen LogP contribution in [0.3, 0.4) is 0 Å². The van der Waals surface area contributed by atoms with Gasteiger partial charge in [-0.2, -0.15) is 0 Å². The monoisotopic (exact) mass is 979 g/mol. The lowest BCUT2D eigenvalue weighted by molar-refractivity contribution is 0.660. The molecule has 3 aliphatic carbocycles. The van der Waals surface area contributed by atoms with Crippen LogP contribution in [0.2, 0.25) is 0 Å². The third kappa shape index (κ3) is 6.73. The zero-order chi connectivity index (χ0) is 51.4. The summed E-state index contributed by atoms with van der Waals surface area (Å²) < 4.78 is 0. The lowest BCUT2D eigenvalue weighted by Gasteiger charge is -2.31. The van der Waals surface area contributed by atoms with Crippen LogP contribution in [0.25, 0.3) is 94.7 Å². The molecule has 1 heteroatoms. The van der Waals surface area contributed by atoms with E-state index in [9.17, 15) is 0 Å². The molecule has 1 nitrogen and oxygen atoms in total. The minimum atomic E-state index is -0.490. The Morgan fingerprint density at radius 2 is 0.701 bits per heavy atom. The van der Waals surface area contributed by atoms with Crippen molar-refractivity contribution in [2.75, 3.05) is 4.90 Å². The molecule has 0 aliphatic heterocycles. The van der Waals surface area contributed by atoms with Crippen LogP contribution in [0.15, 0.2) is 273 Å². The molecule has 0 aromatic heterocycles. The Bertz CT molecular complexity index is 4350. The van der Waals surface area contributed by atoms with Crippen LogP contribution in [0, 0.1) is 0 Å². The fourth-order valence-corrected chi connectivity index (χ4v) is 13.6. The number of nitrogens with zero attached hydrogens (tertiary/aromatic N) is 1. The van der Waals surface area contributed by atoms with Gasteiger partial charge in [-0.15, -0.1) is 0 Å². The van der Waals surface area contributed by atoms with Gasteiger partial charge in [-0.05, 0) is 182 Å². The number of rotatable bonds is 8. The normalized spacial score (nSPS) is 14.8. The summed E-state index contributed by atoms with van der Waals surface area (Å²) >= 11 is 0. The van der Waals surface area contributed by atoms with Crippen LogP contribution >= 0.6 is 0 Å². The molecule has 1 spiro atoms. The van der Waals surface area contributed by atoms with E-state index in [0.717, 1.165) is 22.6 Å². The Balaban J connectivity index is 0.838. The van der Waals surface area contributed by atoms with Crippen molar-refractivity contribution in [1.29, 1.82) is 0 Å². The van der Waals surface area contributed by atoms with Gasteiger partial charge in [-0.25, -0.2) is 0 Å². The molecule has 1 unspecified atom stereocenters. The van der Waals surface area contributed by atoms with E-state index in [0.29, 0.717) is 0 Å². The molecule has 0 radical (unpaired) electrons. The van der Waals surface area contributed by atoms with Crippen LogP contribution < -0.4 is 4.90 Å². The number of anilines is 3. The summed E-state index contributed by atoms with van der Waals surface area (Å²) in [6.07, 6.45) is 1.93. The number of hydrogen-bond acceptors (Lipinski definition) is 1. The molecule has 0 amide bonds. The summed E-state index contributed by atoms with van der Waals surface area (Å²) in [6.45, 7) is 8.80. The topological polar surface area (TPSA) is 3.24 Å². The third-order valence-corrected chi connectivity index (χ3v) is 17.3. The van der Waals surface area contributed by atoms with E-state index in [-0.39, 0.29) is 5.41 Å². The van der Waals surface area contributed by atoms with Gasteiger partial charge in [-0.1, -0.05) is 239 Å². The summed E-state index contributed by atoms with van der Waals surface area (Å²) in [5.74, 6) is 0. The Kier molecular flexibility index (Phi) is 10.1. The van der Waals surface area contributed by atoms with Crippen molar-refractivity contribution >= 4 is 33.9 Å². The zero-order valence-electron chi connectivity index (χ0n) is 43.1. The third-order valence-electron chi connectivity index (χ3n) is 17.3. The van der Waals surface area contributed by atoms with Crippen molar-refractivity contribution in [3.05, 3.63) is 312 Å². The van der Waals surface area contributed by atoms with E-state index in [2.05, 4.69) is 292 Å². The fraction of sp³-hybridized carbons (Fsp3) is 0.0526. The summed E-state index contributed by atoms with van der Waals surface area (Å²) in [5, 5.41) is 2.46. The number of benzene rings is 12. The second-order valence-electron chi connectivity index (χ2n) is 21.6. The van der Waals surface area contributed by atoms with Gasteiger partial charge < -0.3 is 4.90 Å². The van der Waals surface area contributed by atoms with Crippen molar-refractivity contribution < 1.29 is 0 Å². The van der Waals surface area contributed by atoms with Crippen LogP contribution in [0.1, 0.15) is 52.8 Å². The SMILES string of the molecule is C=Cc1cccc(-c2ccc3c(c2)C2(c4ccccc4-3)c3ccccc3-c3ccc(-c4ccc(-c5ccc(N(c6ccc(-c7ccccc7)cc6)c6ccc7c(c6)C(C)(C)c6ccccc6-7)cc5)c5ccccc45)cc32)c1. The first-order chi connectivity index (χ1) is 37.9. The summed E-state index contributed by atoms with van der Waals surface area (Å²) in [4.78, 5) is 2.42. The van der Waals surface area contributed by atoms with Gasteiger partial charge in [0, 0.05) is 22.5 Å². The molecule has 12 aromatic rings. The minimum absolute atomic E-state index is 0.121. The highest BCUT2D eigenvalue weighted by Crippen LogP contribution is 2.64. The van der Waals surface area contributed by atoms with Crippen LogP contribution in [0.4, 0.5) is 17.1 Å². The van der Waals surface area contributed by atoms with E-state index in [1.165, 1.54) is 122 Å². The van der Waals surface area contributed by atoms with Crippen molar-refractivity contribution in [1.82, 2.24) is 0 Å². The van der Waals surface area contributed by atoms with E-state index in [1.807, 2.05) is 6.08 Å². The summed E-state index contributed by atoms with van der Waals surface area (Å²) in [5.41, 5.74) is 29.4. The highest BCUT2D eigenvalue weighted by Gasteiger charge is 2.52. The van der Waals surface area contributed by atoms with Crippen molar-refractivity contribution in [3.8, 4) is 77.9 Å². The molecule has 15 rings (SSSR count). The number of fused-ring (bicyclic) bond motifs is 14. The number of hydrogen-bond donors (Lipinski definition) is 0. The Hall–Kier alpha value is -9.56. The average Bonchev–Trinajstić information content (AvgIpc) is 4.19. The molecule has 0 bridgehead atoms. The van der Waals surface area contributed by atoms with Crippen LogP contribution in [-0.4, -0.2) is 0 Å². The molecule has 0 heterocycles. The predicted octanol–water partition coefficient (Wildman–Crippen LogP) is 20.3. The molecule has 3 aliphatic rings. The Morgan fingerprint density at radius 1 is 0.286 bits per heavy atom. The Morgan fingerprint density at radius 3 is 1.34 bits per heavy atom. The standard InChI is InChI=1S/C76H53N/c1-4-49-17-16-20-53(45-49)54-33-40-67-64-24-11-14-27-70(64)76(73(67)46-54)71-28-15-12-25-65(71)68-41-34-55(47-74(68)76)60-44-43-59(61-21-8-9-22-62(60)61)52-31-37-57(38-32-52)77(56-35-29-51(30-36-56)50-18-6-5-7-19-50)58-39-42-66-63-23-10-13-26-69(63)75(2,3)72(66)48-58/h4-48H,1H2,2-3H3. The second kappa shape index (κ2) is 17.2. The highest BCUT2D eigenvalue weighted by molar-refractivity contribution is 6.06. The molecular formula is C76H53N. The smallest absolute Gasteiger partial charge is 0.0725 e. The van der Waals surface area contributed by atoms with Crippen molar-refractivity contribution in [2.24, 2.45) is 0 Å². The summed E-state index contributed by atoms with van der Waals surface area (Å²) in [6, 6.07) is 99.8. The first-order valence-electron chi connectivity index (χ1n) is 26.9. The van der Waals surface area contributed by atoms with Gasteiger partial charge in [0.2, 0.25) is 0 Å². The fourth-order valence-electron chi connectivity index (χ4n) is 13.6. The molecule has 12 aromatic carbocycles. The first-order valence-corrected chi connectivity index (χ1v) is 26.9. The molecular weight excluding hydrogens is 927 g/mol. The van der Waals surface area contributed by atoms with E-state index in [1.54, 1.807) is 0 Å². The van der Waals surface area contributed by atoms with E-state index in [4.69, 9.17) is 0 Å². The minimum Gasteiger partial charge on any atom is -0.310 e. The van der Waals surface area contributed by atoms with Gasteiger partial charge >= 0.3 is 0 Å². The zero-order valence-corrected chi connectivity index (χ0v) is 43.1. The quantitative estimate of drug-likeness (QED) is 0.147. The molecule has 0 N–H and O–H groups in total. The maximum absolute atomic E-state index is 4.08. The van der Waals surface area contributed by atoms with E-state index < -0.39 is 5.41 Å². The molecule has 1 atom stereocenters.